The van der Waals surface area contributed by atoms with Crippen molar-refractivity contribution in [2.24, 2.45) is 0 Å². The fourth-order valence-corrected chi connectivity index (χ4v) is 2.71. The number of hydrogen-bond donors (Lipinski definition) is 2. The second-order valence-electron chi connectivity index (χ2n) is 5.10. The minimum atomic E-state index is -1.53. The molecule has 1 aromatic rings. The average Bonchev–Trinajstić information content (AvgIpc) is 2.93. The van der Waals surface area contributed by atoms with Gasteiger partial charge in [0.1, 0.15) is 0 Å². The molecule has 1 aromatic carbocycles. The molecule has 1 amide bonds. The van der Waals surface area contributed by atoms with Gasteiger partial charge in [0.05, 0.1) is 12.6 Å². The topological polar surface area (TPSA) is 61.8 Å². The Bertz CT molecular complexity index is 533. The van der Waals surface area contributed by atoms with E-state index in [9.17, 15) is 23.1 Å². The highest BCUT2D eigenvalue weighted by atomic mass is 19.2. The molecule has 0 aromatic heterocycles. The smallest absolute Gasteiger partial charge is 0.407 e. The van der Waals surface area contributed by atoms with Gasteiger partial charge in [0.15, 0.2) is 17.5 Å². The third kappa shape index (κ3) is 3.33. The summed E-state index contributed by atoms with van der Waals surface area (Å²) in [5.74, 6) is -4.54. The number of nitrogens with one attached hydrogen (secondary N) is 1. The lowest BCUT2D eigenvalue weighted by Gasteiger charge is -2.30. The van der Waals surface area contributed by atoms with Crippen LogP contribution in [-0.4, -0.2) is 55.5 Å². The van der Waals surface area contributed by atoms with Crippen LogP contribution in [0.1, 0.15) is 11.5 Å². The predicted octanol–water partition coefficient (Wildman–Crippen LogP) is 1.79. The molecular weight excluding hydrogens is 301 g/mol. The van der Waals surface area contributed by atoms with Gasteiger partial charge in [-0.2, -0.15) is 0 Å². The van der Waals surface area contributed by atoms with Crippen LogP contribution in [0, 0.1) is 17.5 Å². The molecule has 2 N–H and O–H groups in total. The molecular formula is C14H17F3N2O3. The number of ether oxygens (including phenoxy) is 1. The van der Waals surface area contributed by atoms with Crippen LogP contribution in [0.2, 0.25) is 0 Å². The van der Waals surface area contributed by atoms with Gasteiger partial charge in [-0.15, -0.1) is 0 Å². The van der Waals surface area contributed by atoms with Crippen molar-refractivity contribution in [2.45, 2.75) is 12.0 Å². The van der Waals surface area contributed by atoms with E-state index in [-0.39, 0.29) is 18.7 Å². The number of hydrogen-bond acceptors (Lipinski definition) is 3. The van der Waals surface area contributed by atoms with E-state index in [1.54, 1.807) is 0 Å². The first-order chi connectivity index (χ1) is 10.5. The van der Waals surface area contributed by atoms with Gasteiger partial charge in [0.25, 0.3) is 0 Å². The predicted molar refractivity (Wildman–Crippen MR) is 72.3 cm³/mol. The number of rotatable bonds is 5. The molecule has 2 unspecified atom stereocenters. The summed E-state index contributed by atoms with van der Waals surface area (Å²) in [4.78, 5) is 12.6. The molecule has 1 fully saturated rings. The number of nitrogens with zero attached hydrogens (tertiary/aromatic N) is 1. The Morgan fingerprint density at radius 3 is 2.55 bits per heavy atom. The minimum absolute atomic E-state index is 0.140. The summed E-state index contributed by atoms with van der Waals surface area (Å²) in [6.07, 6.45) is -1.14. The van der Waals surface area contributed by atoms with Crippen LogP contribution in [0.15, 0.2) is 12.1 Å². The number of halogens is 3. The summed E-state index contributed by atoms with van der Waals surface area (Å²) in [6, 6.07) is 1.33. The summed E-state index contributed by atoms with van der Waals surface area (Å²) in [5.41, 5.74) is 0.232. The Morgan fingerprint density at radius 2 is 2.00 bits per heavy atom. The zero-order chi connectivity index (χ0) is 16.3. The van der Waals surface area contributed by atoms with E-state index in [1.165, 1.54) is 12.0 Å². The van der Waals surface area contributed by atoms with Crippen LogP contribution in [0.4, 0.5) is 18.0 Å². The van der Waals surface area contributed by atoms with Crippen LogP contribution in [0.25, 0.3) is 0 Å². The highest BCUT2D eigenvalue weighted by molar-refractivity contribution is 5.65. The molecule has 0 spiro atoms. The Labute approximate surface area is 125 Å². The average molecular weight is 318 g/mol. The van der Waals surface area contributed by atoms with Crippen LogP contribution in [0.3, 0.4) is 0 Å². The molecule has 8 heteroatoms. The number of carbonyl (C=O) groups is 1. The van der Waals surface area contributed by atoms with Crippen LogP contribution in [-0.2, 0) is 4.74 Å². The molecule has 1 heterocycles. The molecule has 5 nitrogen and oxygen atoms in total. The first-order valence-corrected chi connectivity index (χ1v) is 6.79. The molecule has 2 atom stereocenters. The van der Waals surface area contributed by atoms with Gasteiger partial charge >= 0.3 is 6.09 Å². The van der Waals surface area contributed by atoms with E-state index in [2.05, 4.69) is 5.32 Å². The lowest BCUT2D eigenvalue weighted by atomic mass is 9.93. The first-order valence-electron chi connectivity index (χ1n) is 6.79. The molecule has 2 rings (SSSR count). The van der Waals surface area contributed by atoms with Crippen molar-refractivity contribution >= 4 is 6.09 Å². The van der Waals surface area contributed by atoms with Gasteiger partial charge in [-0.25, -0.2) is 18.0 Å². The van der Waals surface area contributed by atoms with E-state index < -0.39 is 35.5 Å². The largest absolute Gasteiger partial charge is 0.465 e. The van der Waals surface area contributed by atoms with Gasteiger partial charge in [0.2, 0.25) is 0 Å². The third-order valence-electron chi connectivity index (χ3n) is 3.80. The Morgan fingerprint density at radius 1 is 1.36 bits per heavy atom. The zero-order valence-electron chi connectivity index (χ0n) is 12.0. The van der Waals surface area contributed by atoms with E-state index in [0.717, 1.165) is 12.1 Å². The van der Waals surface area contributed by atoms with Crippen molar-refractivity contribution in [3.05, 3.63) is 35.1 Å². The standard InChI is InChI=1S/C14H17F3N2O3/c1-22-3-2-19(14(20)21)12-7-18-6-9(12)8-4-10(15)13(17)11(16)5-8/h4-5,9,12,18H,2-3,6-7H2,1H3,(H,20,21). The Hall–Kier alpha value is -1.80. The first kappa shape index (κ1) is 16.6. The lowest BCUT2D eigenvalue weighted by Crippen LogP contribution is -2.45. The molecule has 1 aliphatic heterocycles. The second kappa shape index (κ2) is 6.97. The molecule has 0 aliphatic carbocycles. The van der Waals surface area contributed by atoms with Crippen molar-refractivity contribution in [1.29, 1.82) is 0 Å². The van der Waals surface area contributed by atoms with Crippen molar-refractivity contribution < 1.29 is 27.8 Å². The summed E-state index contributed by atoms with van der Waals surface area (Å²) in [5, 5.41) is 12.3. The Balaban J connectivity index is 2.27. The van der Waals surface area contributed by atoms with Gasteiger partial charge in [-0.1, -0.05) is 0 Å². The quantitative estimate of drug-likeness (QED) is 0.813. The molecule has 1 saturated heterocycles. The monoisotopic (exact) mass is 318 g/mol. The summed E-state index contributed by atoms with van der Waals surface area (Å²) in [7, 11) is 1.45. The minimum Gasteiger partial charge on any atom is -0.465 e. The maximum Gasteiger partial charge on any atom is 0.407 e. The highest BCUT2D eigenvalue weighted by Gasteiger charge is 2.36. The summed E-state index contributed by atoms with van der Waals surface area (Å²) in [6.45, 7) is 1.05. The number of carboxylic acid groups (broad SMARTS) is 1. The molecule has 0 bridgehead atoms. The van der Waals surface area contributed by atoms with Crippen molar-refractivity contribution in [3.8, 4) is 0 Å². The third-order valence-corrected chi connectivity index (χ3v) is 3.80. The number of benzene rings is 1. The Kier molecular flexibility index (Phi) is 5.25. The molecule has 22 heavy (non-hydrogen) atoms. The fourth-order valence-electron chi connectivity index (χ4n) is 2.71. The van der Waals surface area contributed by atoms with Gasteiger partial charge in [-0.05, 0) is 17.7 Å². The number of amides is 1. The van der Waals surface area contributed by atoms with Crippen molar-refractivity contribution in [3.63, 3.8) is 0 Å². The number of methoxy groups -OCH3 is 1. The van der Waals surface area contributed by atoms with Crippen molar-refractivity contribution in [2.75, 3.05) is 33.4 Å². The maximum atomic E-state index is 13.4. The zero-order valence-corrected chi connectivity index (χ0v) is 12.0. The molecule has 0 radical (unpaired) electrons. The summed E-state index contributed by atoms with van der Waals surface area (Å²) < 4.78 is 44.7. The van der Waals surface area contributed by atoms with Gasteiger partial charge in [0, 0.05) is 32.7 Å². The van der Waals surface area contributed by atoms with Crippen LogP contribution >= 0.6 is 0 Å². The van der Waals surface area contributed by atoms with Crippen LogP contribution in [0.5, 0.6) is 0 Å². The van der Waals surface area contributed by atoms with Crippen LogP contribution < -0.4 is 5.32 Å². The molecule has 122 valence electrons. The van der Waals surface area contributed by atoms with Crippen molar-refractivity contribution in [1.82, 2.24) is 10.2 Å². The van der Waals surface area contributed by atoms with Gasteiger partial charge in [-0.3, -0.25) is 0 Å². The highest BCUT2D eigenvalue weighted by Crippen LogP contribution is 2.29. The molecule has 1 aliphatic rings. The second-order valence-corrected chi connectivity index (χ2v) is 5.10. The molecule has 0 saturated carbocycles. The maximum absolute atomic E-state index is 13.4. The SMILES string of the molecule is COCCN(C(=O)O)C1CNCC1c1cc(F)c(F)c(F)c1. The van der Waals surface area contributed by atoms with E-state index in [0.29, 0.717) is 13.1 Å². The van der Waals surface area contributed by atoms with E-state index >= 15 is 0 Å². The lowest BCUT2D eigenvalue weighted by molar-refractivity contribution is 0.0977. The summed E-state index contributed by atoms with van der Waals surface area (Å²) >= 11 is 0. The van der Waals surface area contributed by atoms with E-state index in [4.69, 9.17) is 4.74 Å². The fraction of sp³-hybridized carbons (Fsp3) is 0.500. The van der Waals surface area contributed by atoms with E-state index in [1.807, 2.05) is 0 Å². The normalized spacial score (nSPS) is 21.1. The van der Waals surface area contributed by atoms with Gasteiger partial charge < -0.3 is 20.1 Å².